The molecule has 0 saturated heterocycles. The second kappa shape index (κ2) is 4.24. The molecule has 0 aromatic rings. The molecule has 0 spiro atoms. The van der Waals surface area contributed by atoms with E-state index in [2.05, 4.69) is 13.8 Å². The highest BCUT2D eigenvalue weighted by Crippen LogP contribution is 2.40. The van der Waals surface area contributed by atoms with Gasteiger partial charge in [0.05, 0.1) is 0 Å². The fourth-order valence-electron chi connectivity index (χ4n) is 2.46. The summed E-state index contributed by atoms with van der Waals surface area (Å²) in [6.07, 6.45) is 2.38. The monoisotopic (exact) mass is 172 g/mol. The van der Waals surface area contributed by atoms with E-state index in [1.807, 2.05) is 0 Å². The summed E-state index contributed by atoms with van der Waals surface area (Å²) in [4.78, 5) is 0. The average Bonchev–Trinajstić information content (AvgIpc) is 2.45. The summed E-state index contributed by atoms with van der Waals surface area (Å²) in [5.41, 5.74) is 0. The van der Waals surface area contributed by atoms with Crippen LogP contribution in [0.4, 0.5) is 0 Å². The third-order valence-electron chi connectivity index (χ3n) is 3.47. The molecule has 1 aliphatic carbocycles. The van der Waals surface area contributed by atoms with Crippen molar-refractivity contribution < 1.29 is 10.2 Å². The second-order valence-electron chi connectivity index (χ2n) is 4.22. The first-order valence-corrected chi connectivity index (χ1v) is 4.92. The van der Waals surface area contributed by atoms with E-state index in [0.717, 1.165) is 0 Å². The summed E-state index contributed by atoms with van der Waals surface area (Å²) in [6, 6.07) is 0. The highest BCUT2D eigenvalue weighted by Gasteiger charge is 2.35. The van der Waals surface area contributed by atoms with Gasteiger partial charge in [-0.25, -0.2) is 0 Å². The van der Waals surface area contributed by atoms with Gasteiger partial charge in [0, 0.05) is 13.2 Å². The number of hydrogen-bond donors (Lipinski definition) is 2. The van der Waals surface area contributed by atoms with Gasteiger partial charge in [0.2, 0.25) is 0 Å². The van der Waals surface area contributed by atoms with Gasteiger partial charge in [-0.05, 0) is 30.1 Å². The van der Waals surface area contributed by atoms with Crippen molar-refractivity contribution in [2.45, 2.75) is 26.7 Å². The lowest BCUT2D eigenvalue weighted by Gasteiger charge is -2.24. The Labute approximate surface area is 74.6 Å². The van der Waals surface area contributed by atoms with Gasteiger partial charge in [-0.15, -0.1) is 0 Å². The van der Waals surface area contributed by atoms with E-state index >= 15 is 0 Å². The molecule has 1 fully saturated rings. The Kier molecular flexibility index (Phi) is 3.53. The van der Waals surface area contributed by atoms with Crippen LogP contribution in [0.3, 0.4) is 0 Å². The van der Waals surface area contributed by atoms with E-state index in [-0.39, 0.29) is 13.2 Å². The largest absolute Gasteiger partial charge is 0.396 e. The summed E-state index contributed by atoms with van der Waals surface area (Å²) in [5.74, 6) is 1.95. The predicted octanol–water partition coefficient (Wildman–Crippen LogP) is 1.27. The standard InChI is InChI=1S/C10H20O2/c1-7-3-4-9(8(2)5-11)10(7)6-12/h7-12H,3-6H2,1-2H3/t7-,8?,9-,10-/m1/s1. The molecule has 1 saturated carbocycles. The maximum atomic E-state index is 9.17. The topological polar surface area (TPSA) is 40.5 Å². The van der Waals surface area contributed by atoms with E-state index < -0.39 is 0 Å². The van der Waals surface area contributed by atoms with Crippen LogP contribution in [-0.4, -0.2) is 23.4 Å². The van der Waals surface area contributed by atoms with Crippen molar-refractivity contribution in [1.82, 2.24) is 0 Å². The van der Waals surface area contributed by atoms with Crippen LogP contribution in [-0.2, 0) is 0 Å². The zero-order chi connectivity index (χ0) is 9.14. The molecular formula is C10H20O2. The Morgan fingerprint density at radius 3 is 2.50 bits per heavy atom. The van der Waals surface area contributed by atoms with Crippen LogP contribution in [0.5, 0.6) is 0 Å². The number of rotatable bonds is 3. The molecule has 0 aromatic carbocycles. The number of hydrogen-bond acceptors (Lipinski definition) is 2. The van der Waals surface area contributed by atoms with E-state index in [9.17, 15) is 0 Å². The van der Waals surface area contributed by atoms with Crippen LogP contribution in [0.2, 0.25) is 0 Å². The lowest BCUT2D eigenvalue weighted by atomic mass is 9.83. The van der Waals surface area contributed by atoms with Crippen molar-refractivity contribution in [3.8, 4) is 0 Å². The third-order valence-corrected chi connectivity index (χ3v) is 3.47. The van der Waals surface area contributed by atoms with Crippen molar-refractivity contribution in [3.05, 3.63) is 0 Å². The molecule has 2 nitrogen and oxygen atoms in total. The van der Waals surface area contributed by atoms with E-state index in [1.165, 1.54) is 12.8 Å². The van der Waals surface area contributed by atoms with E-state index in [0.29, 0.717) is 23.7 Å². The molecule has 72 valence electrons. The van der Waals surface area contributed by atoms with Crippen LogP contribution in [0.15, 0.2) is 0 Å². The maximum absolute atomic E-state index is 9.17. The molecule has 2 heteroatoms. The van der Waals surface area contributed by atoms with Gasteiger partial charge >= 0.3 is 0 Å². The summed E-state index contributed by atoms with van der Waals surface area (Å²) >= 11 is 0. The molecule has 0 aromatic heterocycles. The van der Waals surface area contributed by atoms with Crippen LogP contribution < -0.4 is 0 Å². The van der Waals surface area contributed by atoms with Crippen LogP contribution >= 0.6 is 0 Å². The zero-order valence-corrected chi connectivity index (χ0v) is 8.03. The van der Waals surface area contributed by atoms with Gasteiger partial charge in [0.15, 0.2) is 0 Å². The molecule has 2 N–H and O–H groups in total. The molecule has 0 radical (unpaired) electrons. The molecule has 0 bridgehead atoms. The lowest BCUT2D eigenvalue weighted by molar-refractivity contribution is 0.108. The Bertz CT molecular complexity index is 136. The van der Waals surface area contributed by atoms with Gasteiger partial charge in [0.1, 0.15) is 0 Å². The quantitative estimate of drug-likeness (QED) is 0.673. The molecule has 1 aliphatic rings. The van der Waals surface area contributed by atoms with E-state index in [1.54, 1.807) is 0 Å². The Balaban J connectivity index is 2.53. The normalized spacial score (nSPS) is 38.5. The van der Waals surface area contributed by atoms with Crippen LogP contribution in [0.1, 0.15) is 26.7 Å². The van der Waals surface area contributed by atoms with Gasteiger partial charge in [-0.1, -0.05) is 20.3 Å². The minimum Gasteiger partial charge on any atom is -0.396 e. The van der Waals surface area contributed by atoms with Crippen LogP contribution in [0.25, 0.3) is 0 Å². The summed E-state index contributed by atoms with van der Waals surface area (Å²) in [5, 5.41) is 18.2. The summed E-state index contributed by atoms with van der Waals surface area (Å²) in [7, 11) is 0. The van der Waals surface area contributed by atoms with Crippen molar-refractivity contribution in [3.63, 3.8) is 0 Å². The van der Waals surface area contributed by atoms with Crippen molar-refractivity contribution in [1.29, 1.82) is 0 Å². The van der Waals surface area contributed by atoms with Crippen molar-refractivity contribution in [2.24, 2.45) is 23.7 Å². The summed E-state index contributed by atoms with van der Waals surface area (Å²) in [6.45, 7) is 4.82. The second-order valence-corrected chi connectivity index (χ2v) is 4.22. The van der Waals surface area contributed by atoms with Gasteiger partial charge in [0.25, 0.3) is 0 Å². The third kappa shape index (κ3) is 1.80. The molecule has 1 rings (SSSR count). The Morgan fingerprint density at radius 1 is 1.33 bits per heavy atom. The number of aliphatic hydroxyl groups is 2. The maximum Gasteiger partial charge on any atom is 0.0464 e. The Morgan fingerprint density at radius 2 is 2.00 bits per heavy atom. The minimum atomic E-state index is 0.258. The molecular weight excluding hydrogens is 152 g/mol. The van der Waals surface area contributed by atoms with E-state index in [4.69, 9.17) is 10.2 Å². The van der Waals surface area contributed by atoms with Gasteiger partial charge < -0.3 is 10.2 Å². The highest BCUT2D eigenvalue weighted by atomic mass is 16.3. The Hall–Kier alpha value is -0.0800. The van der Waals surface area contributed by atoms with Crippen molar-refractivity contribution >= 4 is 0 Å². The lowest BCUT2D eigenvalue weighted by Crippen LogP contribution is -2.24. The van der Waals surface area contributed by atoms with Gasteiger partial charge in [-0.2, -0.15) is 0 Å². The summed E-state index contributed by atoms with van der Waals surface area (Å²) < 4.78 is 0. The molecule has 1 unspecified atom stereocenters. The smallest absolute Gasteiger partial charge is 0.0464 e. The van der Waals surface area contributed by atoms with Crippen LogP contribution in [0, 0.1) is 23.7 Å². The minimum absolute atomic E-state index is 0.258. The van der Waals surface area contributed by atoms with Gasteiger partial charge in [-0.3, -0.25) is 0 Å². The zero-order valence-electron chi connectivity index (χ0n) is 8.03. The molecule has 0 amide bonds. The fraction of sp³-hybridized carbons (Fsp3) is 1.00. The SMILES string of the molecule is CC(CO)[C@H]1CC[C@@H](C)[C@H]1CO. The first-order valence-electron chi connectivity index (χ1n) is 4.92. The molecule has 0 heterocycles. The first kappa shape index (κ1) is 10.0. The molecule has 4 atom stereocenters. The highest BCUT2D eigenvalue weighted by molar-refractivity contribution is 4.84. The average molecular weight is 172 g/mol. The van der Waals surface area contributed by atoms with Crippen molar-refractivity contribution in [2.75, 3.05) is 13.2 Å². The first-order chi connectivity index (χ1) is 5.70. The number of aliphatic hydroxyl groups excluding tert-OH is 2. The fourth-order valence-corrected chi connectivity index (χ4v) is 2.46. The molecule has 12 heavy (non-hydrogen) atoms. The predicted molar refractivity (Wildman–Crippen MR) is 48.7 cm³/mol. The molecule has 0 aliphatic heterocycles.